The number of esters is 1. The summed E-state index contributed by atoms with van der Waals surface area (Å²) < 4.78 is 55.1. The summed E-state index contributed by atoms with van der Waals surface area (Å²) in [5.41, 5.74) is 0. The molecule has 1 fully saturated rings. The lowest BCUT2D eigenvalue weighted by molar-refractivity contribution is -0.189. The van der Waals surface area contributed by atoms with Crippen LogP contribution < -0.4 is 15.0 Å². The molecule has 0 saturated carbocycles. The zero-order valence-corrected chi connectivity index (χ0v) is 12.4. The summed E-state index contributed by atoms with van der Waals surface area (Å²) in [6.45, 7) is 2.42. The van der Waals surface area contributed by atoms with E-state index in [0.29, 0.717) is 42.8 Å². The molecular formula is C15H13F4N3O2. The molecule has 9 heteroatoms. The molecule has 0 bridgehead atoms. The van der Waals surface area contributed by atoms with Crippen LogP contribution in [0.2, 0.25) is 0 Å². The van der Waals surface area contributed by atoms with Crippen molar-refractivity contribution in [1.29, 1.82) is 0 Å². The molecule has 3 rings (SSSR count). The summed E-state index contributed by atoms with van der Waals surface area (Å²) in [6.07, 6.45) is -5.12. The number of fused-ring (bicyclic) bond motifs is 1. The first kappa shape index (κ1) is 16.4. The number of alkyl halides is 3. The quantitative estimate of drug-likeness (QED) is 0.670. The lowest BCUT2D eigenvalue weighted by atomic mass is 10.1. The number of carbonyl (C=O) groups is 1. The van der Waals surface area contributed by atoms with Crippen LogP contribution >= 0.6 is 0 Å². The van der Waals surface area contributed by atoms with Gasteiger partial charge in [-0.25, -0.2) is 9.18 Å². The first-order chi connectivity index (χ1) is 11.3. The van der Waals surface area contributed by atoms with Crippen molar-refractivity contribution in [3.8, 4) is 5.88 Å². The van der Waals surface area contributed by atoms with Crippen LogP contribution in [-0.4, -0.2) is 43.3 Å². The third kappa shape index (κ3) is 3.40. The number of rotatable bonds is 2. The second kappa shape index (κ2) is 6.23. The van der Waals surface area contributed by atoms with Crippen molar-refractivity contribution in [3.63, 3.8) is 0 Å². The second-order valence-electron chi connectivity index (χ2n) is 5.27. The largest absolute Gasteiger partial charge is 0.491 e. The van der Waals surface area contributed by atoms with Crippen LogP contribution in [0.3, 0.4) is 0 Å². The minimum Gasteiger partial charge on any atom is -0.401 e. The Labute approximate surface area is 134 Å². The normalized spacial score (nSPS) is 15.6. The monoisotopic (exact) mass is 343 g/mol. The van der Waals surface area contributed by atoms with Crippen LogP contribution in [0.1, 0.15) is 0 Å². The number of halogens is 4. The third-order valence-electron chi connectivity index (χ3n) is 3.60. The minimum atomic E-state index is -5.12. The van der Waals surface area contributed by atoms with Gasteiger partial charge in [0.2, 0.25) is 5.88 Å². The molecule has 24 heavy (non-hydrogen) atoms. The average Bonchev–Trinajstić information content (AvgIpc) is 2.54. The SMILES string of the molecule is O=C(Oc1cc2ccc(F)cc2c(N2CCNCC2)n1)C(F)(F)F. The van der Waals surface area contributed by atoms with Crippen molar-refractivity contribution >= 4 is 22.6 Å². The molecule has 1 aliphatic rings. The van der Waals surface area contributed by atoms with E-state index in [9.17, 15) is 22.4 Å². The highest BCUT2D eigenvalue weighted by atomic mass is 19.4. The van der Waals surface area contributed by atoms with Gasteiger partial charge in [0.25, 0.3) is 0 Å². The van der Waals surface area contributed by atoms with Gasteiger partial charge in [0.05, 0.1) is 0 Å². The fourth-order valence-corrected chi connectivity index (χ4v) is 2.50. The van der Waals surface area contributed by atoms with Gasteiger partial charge in [-0.2, -0.15) is 18.2 Å². The number of nitrogens with zero attached hydrogens (tertiary/aromatic N) is 2. The maximum absolute atomic E-state index is 13.6. The summed E-state index contributed by atoms with van der Waals surface area (Å²) >= 11 is 0. The van der Waals surface area contributed by atoms with Gasteiger partial charge in [-0.3, -0.25) is 0 Å². The fourth-order valence-electron chi connectivity index (χ4n) is 2.50. The Morgan fingerprint density at radius 2 is 1.92 bits per heavy atom. The Bertz CT molecular complexity index is 773. The van der Waals surface area contributed by atoms with E-state index in [1.807, 2.05) is 4.90 Å². The number of hydrogen-bond acceptors (Lipinski definition) is 5. The molecule has 1 saturated heterocycles. The lowest BCUT2D eigenvalue weighted by Crippen LogP contribution is -2.44. The molecule has 2 heterocycles. The van der Waals surface area contributed by atoms with Crippen molar-refractivity contribution < 1.29 is 27.1 Å². The van der Waals surface area contributed by atoms with Gasteiger partial charge >= 0.3 is 12.1 Å². The van der Waals surface area contributed by atoms with Gasteiger partial charge in [-0.15, -0.1) is 0 Å². The first-order valence-electron chi connectivity index (χ1n) is 7.19. The predicted molar refractivity (Wildman–Crippen MR) is 78.5 cm³/mol. The topological polar surface area (TPSA) is 54.5 Å². The summed E-state index contributed by atoms with van der Waals surface area (Å²) in [6, 6.07) is 5.03. The van der Waals surface area contributed by atoms with E-state index >= 15 is 0 Å². The van der Waals surface area contributed by atoms with E-state index < -0.39 is 23.8 Å². The molecular weight excluding hydrogens is 330 g/mol. The van der Waals surface area contributed by atoms with E-state index in [1.54, 1.807) is 0 Å². The van der Waals surface area contributed by atoms with Gasteiger partial charge in [0.1, 0.15) is 11.6 Å². The maximum atomic E-state index is 13.6. The molecule has 5 nitrogen and oxygen atoms in total. The van der Waals surface area contributed by atoms with Gasteiger partial charge in [-0.1, -0.05) is 6.07 Å². The molecule has 2 aromatic rings. The molecule has 0 atom stereocenters. The molecule has 1 aromatic carbocycles. The Hall–Kier alpha value is -2.42. The number of anilines is 1. The Morgan fingerprint density at radius 1 is 1.21 bits per heavy atom. The zero-order chi connectivity index (χ0) is 17.3. The number of pyridine rings is 1. The summed E-state index contributed by atoms with van der Waals surface area (Å²) in [5, 5.41) is 4.02. The van der Waals surface area contributed by atoms with Gasteiger partial charge in [-0.05, 0) is 17.5 Å². The smallest absolute Gasteiger partial charge is 0.401 e. The number of carbonyl (C=O) groups excluding carboxylic acids is 1. The Kier molecular flexibility index (Phi) is 4.27. The van der Waals surface area contributed by atoms with E-state index in [-0.39, 0.29) is 0 Å². The molecule has 0 radical (unpaired) electrons. The van der Waals surface area contributed by atoms with E-state index in [0.717, 1.165) is 0 Å². The molecule has 0 amide bonds. The van der Waals surface area contributed by atoms with Crippen molar-refractivity contribution in [2.24, 2.45) is 0 Å². The van der Waals surface area contributed by atoms with Crippen LogP contribution in [0.15, 0.2) is 24.3 Å². The van der Waals surface area contributed by atoms with E-state index in [4.69, 9.17) is 0 Å². The highest BCUT2D eigenvalue weighted by Gasteiger charge is 2.41. The van der Waals surface area contributed by atoms with Crippen LogP contribution in [0.4, 0.5) is 23.4 Å². The van der Waals surface area contributed by atoms with Gasteiger partial charge in [0.15, 0.2) is 0 Å². The standard InChI is InChI=1S/C15H13F4N3O2/c16-10-2-1-9-7-12(24-14(23)15(17,18)19)21-13(11(9)8-10)22-5-3-20-4-6-22/h1-2,7-8,20H,3-6H2. The lowest BCUT2D eigenvalue weighted by Gasteiger charge is -2.29. The number of hydrogen-bond donors (Lipinski definition) is 1. The molecule has 0 unspecified atom stereocenters. The predicted octanol–water partition coefficient (Wildman–Crippen LogP) is 2.25. The first-order valence-corrected chi connectivity index (χ1v) is 7.19. The van der Waals surface area contributed by atoms with Gasteiger partial charge in [0, 0.05) is 37.6 Å². The molecule has 1 aliphatic heterocycles. The van der Waals surface area contributed by atoms with Crippen molar-refractivity contribution in [1.82, 2.24) is 10.3 Å². The van der Waals surface area contributed by atoms with Crippen LogP contribution in [0.5, 0.6) is 5.88 Å². The number of ether oxygens (including phenoxy) is 1. The maximum Gasteiger partial charge on any atom is 0.491 e. The second-order valence-corrected chi connectivity index (χ2v) is 5.27. The van der Waals surface area contributed by atoms with Crippen molar-refractivity contribution in [3.05, 3.63) is 30.1 Å². The fraction of sp³-hybridized carbons (Fsp3) is 0.333. The number of aromatic nitrogens is 1. The molecule has 0 spiro atoms. The molecule has 128 valence electrons. The van der Waals surface area contributed by atoms with Crippen LogP contribution in [0, 0.1) is 5.82 Å². The number of piperazine rings is 1. The summed E-state index contributed by atoms with van der Waals surface area (Å²) in [4.78, 5) is 16.9. The molecule has 1 N–H and O–H groups in total. The zero-order valence-electron chi connectivity index (χ0n) is 12.4. The average molecular weight is 343 g/mol. The Morgan fingerprint density at radius 3 is 2.58 bits per heavy atom. The minimum absolute atomic E-state index is 0.290. The number of nitrogens with one attached hydrogen (secondary N) is 1. The highest BCUT2D eigenvalue weighted by Crippen LogP contribution is 2.30. The van der Waals surface area contributed by atoms with Gasteiger partial charge < -0.3 is 15.0 Å². The van der Waals surface area contributed by atoms with Crippen LogP contribution in [0.25, 0.3) is 10.8 Å². The Balaban J connectivity index is 2.05. The number of benzene rings is 1. The van der Waals surface area contributed by atoms with E-state index in [2.05, 4.69) is 15.0 Å². The van der Waals surface area contributed by atoms with Crippen molar-refractivity contribution in [2.75, 3.05) is 31.1 Å². The summed E-state index contributed by atoms with van der Waals surface area (Å²) in [5.74, 6) is -3.01. The molecule has 0 aliphatic carbocycles. The van der Waals surface area contributed by atoms with Crippen LogP contribution in [-0.2, 0) is 4.79 Å². The third-order valence-corrected chi connectivity index (χ3v) is 3.60. The highest BCUT2D eigenvalue weighted by molar-refractivity contribution is 5.93. The van der Waals surface area contributed by atoms with E-state index in [1.165, 1.54) is 24.3 Å². The van der Waals surface area contributed by atoms with Crippen molar-refractivity contribution in [2.45, 2.75) is 6.18 Å². The molecule has 1 aromatic heterocycles. The summed E-state index contributed by atoms with van der Waals surface area (Å²) in [7, 11) is 0.